The van der Waals surface area contributed by atoms with Gasteiger partial charge >= 0.3 is 0 Å². The molecule has 4 aliphatic rings. The SMILES string of the molecule is COc1cc(-c2cc(C(=O)N3CC[C@H](C(=O)NC4CCC5(CC4)OCC5(F)F)CC34CC4)n[nH]2)c(F)cn1. The molecule has 0 unspecified atom stereocenters. The minimum absolute atomic E-state index is 0.0743. The first-order valence-corrected chi connectivity index (χ1v) is 13.0. The number of alkyl halides is 2. The van der Waals surface area contributed by atoms with Crippen molar-refractivity contribution in [3.05, 3.63) is 29.8 Å². The molecule has 2 aromatic rings. The highest BCUT2D eigenvalue weighted by Crippen LogP contribution is 2.52. The fourth-order valence-electron chi connectivity index (χ4n) is 6.24. The molecule has 9 nitrogen and oxygen atoms in total. The zero-order valence-electron chi connectivity index (χ0n) is 21.1. The molecule has 4 fully saturated rings. The van der Waals surface area contributed by atoms with Crippen molar-refractivity contribution in [2.45, 2.75) is 74.5 Å². The molecule has 0 bridgehead atoms. The number of aromatic amines is 1. The lowest BCUT2D eigenvalue weighted by Gasteiger charge is -2.52. The number of carbonyl (C=O) groups is 2. The van der Waals surface area contributed by atoms with Gasteiger partial charge in [0.05, 0.1) is 19.0 Å². The number of carbonyl (C=O) groups excluding carboxylic acids is 2. The summed E-state index contributed by atoms with van der Waals surface area (Å²) >= 11 is 0. The zero-order valence-corrected chi connectivity index (χ0v) is 21.1. The van der Waals surface area contributed by atoms with Crippen molar-refractivity contribution in [1.29, 1.82) is 0 Å². The number of aromatic nitrogens is 3. The summed E-state index contributed by atoms with van der Waals surface area (Å²) in [5.41, 5.74) is -1.03. The number of likely N-dealkylation sites (tertiary alicyclic amines) is 1. The van der Waals surface area contributed by atoms with Crippen molar-refractivity contribution < 1.29 is 32.2 Å². The van der Waals surface area contributed by atoms with Crippen molar-refractivity contribution >= 4 is 11.8 Å². The summed E-state index contributed by atoms with van der Waals surface area (Å²) in [7, 11) is 1.43. The second-order valence-corrected chi connectivity index (χ2v) is 11.0. The summed E-state index contributed by atoms with van der Waals surface area (Å²) in [6.45, 7) is -0.108. The lowest BCUT2D eigenvalue weighted by molar-refractivity contribution is -0.338. The smallest absolute Gasteiger partial charge is 0.299 e. The van der Waals surface area contributed by atoms with Crippen LogP contribution in [0.2, 0.25) is 0 Å². The van der Waals surface area contributed by atoms with Gasteiger partial charge in [0, 0.05) is 35.7 Å². The molecule has 2 aliphatic carbocycles. The Morgan fingerprint density at radius 3 is 2.58 bits per heavy atom. The summed E-state index contributed by atoms with van der Waals surface area (Å²) in [5.74, 6) is -3.69. The summed E-state index contributed by atoms with van der Waals surface area (Å²) in [4.78, 5) is 32.1. The van der Waals surface area contributed by atoms with Gasteiger partial charge in [-0.3, -0.25) is 14.7 Å². The lowest BCUT2D eigenvalue weighted by Crippen LogP contribution is -2.65. The maximum atomic E-state index is 14.3. The number of hydrogen-bond acceptors (Lipinski definition) is 6. The predicted molar refractivity (Wildman–Crippen MR) is 128 cm³/mol. The van der Waals surface area contributed by atoms with Gasteiger partial charge in [0.25, 0.3) is 11.8 Å². The molecule has 6 rings (SSSR count). The molecule has 2 amide bonds. The van der Waals surface area contributed by atoms with Crippen LogP contribution < -0.4 is 10.1 Å². The lowest BCUT2D eigenvalue weighted by atomic mass is 9.75. The first-order valence-electron chi connectivity index (χ1n) is 13.0. The third-order valence-corrected chi connectivity index (χ3v) is 8.81. The molecule has 204 valence electrons. The van der Waals surface area contributed by atoms with Crippen molar-refractivity contribution in [2.75, 3.05) is 20.3 Å². The van der Waals surface area contributed by atoms with Crippen LogP contribution in [0, 0.1) is 11.7 Å². The van der Waals surface area contributed by atoms with E-state index in [0.29, 0.717) is 37.9 Å². The van der Waals surface area contributed by atoms with E-state index in [0.717, 1.165) is 19.0 Å². The second-order valence-electron chi connectivity index (χ2n) is 11.0. The van der Waals surface area contributed by atoms with Crippen LogP contribution >= 0.6 is 0 Å². The van der Waals surface area contributed by atoms with E-state index >= 15 is 0 Å². The Labute approximate surface area is 217 Å². The molecule has 0 aromatic carbocycles. The first-order chi connectivity index (χ1) is 18.2. The molecule has 4 heterocycles. The highest BCUT2D eigenvalue weighted by Gasteiger charge is 2.64. The van der Waals surface area contributed by atoms with E-state index in [9.17, 15) is 22.8 Å². The number of halogens is 3. The molecular formula is C26H30F3N5O4. The molecule has 38 heavy (non-hydrogen) atoms. The van der Waals surface area contributed by atoms with Crippen molar-refractivity contribution in [2.24, 2.45) is 5.92 Å². The Kier molecular flexibility index (Phi) is 5.93. The number of hydrogen-bond donors (Lipinski definition) is 2. The Hall–Kier alpha value is -3.15. The maximum Gasteiger partial charge on any atom is 0.299 e. The molecule has 2 aliphatic heterocycles. The Balaban J connectivity index is 1.07. The van der Waals surface area contributed by atoms with Crippen molar-refractivity contribution in [3.63, 3.8) is 0 Å². The number of pyridine rings is 1. The number of rotatable bonds is 5. The first kappa shape index (κ1) is 25.1. The van der Waals surface area contributed by atoms with Gasteiger partial charge in [-0.05, 0) is 57.4 Å². The van der Waals surface area contributed by atoms with E-state index in [1.807, 2.05) is 0 Å². The van der Waals surface area contributed by atoms with Crippen LogP contribution in [-0.4, -0.2) is 75.3 Å². The molecule has 2 saturated heterocycles. The number of H-pyrrole nitrogens is 1. The number of amides is 2. The maximum absolute atomic E-state index is 14.3. The van der Waals surface area contributed by atoms with Gasteiger partial charge in [-0.25, -0.2) is 18.2 Å². The van der Waals surface area contributed by atoms with E-state index in [1.165, 1.54) is 19.2 Å². The standard InChI is InChI=1S/C26H30F3N5O4/c1-37-21-10-17(18(27)13-30-21)19-11-20(33-32-19)23(36)34-9-4-15(12-24(34)7-8-24)22(35)31-16-2-5-25(6-3-16)26(28,29)14-38-25/h10-11,13,15-16H,2-9,12,14H2,1H3,(H,31,35)(H,32,33)/t15-,16?,25?/m0/s1. The Morgan fingerprint density at radius 2 is 1.95 bits per heavy atom. The largest absolute Gasteiger partial charge is 0.481 e. The van der Waals surface area contributed by atoms with Crippen molar-refractivity contribution in [1.82, 2.24) is 25.4 Å². The van der Waals surface area contributed by atoms with Gasteiger partial charge < -0.3 is 19.7 Å². The predicted octanol–water partition coefficient (Wildman–Crippen LogP) is 3.47. The number of nitrogens with zero attached hydrogens (tertiary/aromatic N) is 3. The minimum atomic E-state index is -2.78. The topological polar surface area (TPSA) is 109 Å². The molecule has 2 saturated carbocycles. The summed E-state index contributed by atoms with van der Waals surface area (Å²) in [6, 6.07) is 2.80. The zero-order chi connectivity index (χ0) is 26.7. The van der Waals surface area contributed by atoms with Crippen LogP contribution in [0.4, 0.5) is 13.2 Å². The van der Waals surface area contributed by atoms with Gasteiger partial charge in [0.15, 0.2) is 11.5 Å². The number of methoxy groups -OCH3 is 1. The van der Waals surface area contributed by atoms with Crippen LogP contribution in [0.1, 0.15) is 61.9 Å². The monoisotopic (exact) mass is 533 g/mol. The van der Waals surface area contributed by atoms with Crippen molar-refractivity contribution in [3.8, 4) is 17.1 Å². The van der Waals surface area contributed by atoms with Gasteiger partial charge in [-0.2, -0.15) is 5.10 Å². The Bertz CT molecular complexity index is 1260. The van der Waals surface area contributed by atoms with E-state index in [4.69, 9.17) is 9.47 Å². The normalized spacial score (nSPS) is 29.1. The molecule has 2 N–H and O–H groups in total. The van der Waals surface area contributed by atoms with Crippen LogP contribution in [0.5, 0.6) is 5.88 Å². The van der Waals surface area contributed by atoms with Crippen LogP contribution in [0.25, 0.3) is 11.3 Å². The molecule has 12 heteroatoms. The fraction of sp³-hybridized carbons (Fsp3) is 0.615. The van der Waals surface area contributed by atoms with Crippen LogP contribution in [0.3, 0.4) is 0 Å². The van der Waals surface area contributed by atoms with Gasteiger partial charge in [0.2, 0.25) is 11.8 Å². The van der Waals surface area contributed by atoms with E-state index in [1.54, 1.807) is 4.90 Å². The quantitative estimate of drug-likeness (QED) is 0.609. The second kappa shape index (κ2) is 8.96. The van der Waals surface area contributed by atoms with Crippen LogP contribution in [-0.2, 0) is 9.53 Å². The average Bonchev–Trinajstić information content (AvgIpc) is 3.49. The average molecular weight is 534 g/mol. The van der Waals surface area contributed by atoms with E-state index in [-0.39, 0.29) is 59.3 Å². The van der Waals surface area contributed by atoms with Crippen LogP contribution in [0.15, 0.2) is 18.3 Å². The van der Waals surface area contributed by atoms with Gasteiger partial charge in [0.1, 0.15) is 12.2 Å². The Morgan fingerprint density at radius 1 is 1.18 bits per heavy atom. The van der Waals surface area contributed by atoms with E-state index in [2.05, 4.69) is 20.5 Å². The third-order valence-electron chi connectivity index (χ3n) is 8.81. The summed E-state index contributed by atoms with van der Waals surface area (Å²) < 4.78 is 52.5. The number of ether oxygens (including phenoxy) is 2. The molecule has 2 spiro atoms. The highest BCUT2D eigenvalue weighted by molar-refractivity contribution is 5.94. The molecule has 0 radical (unpaired) electrons. The highest BCUT2D eigenvalue weighted by atomic mass is 19.3. The summed E-state index contributed by atoms with van der Waals surface area (Å²) in [6.07, 6.45) is 5.12. The van der Waals surface area contributed by atoms with E-state index < -0.39 is 23.9 Å². The minimum Gasteiger partial charge on any atom is -0.481 e. The molecule has 1 atom stereocenters. The number of piperidine rings is 1. The third kappa shape index (κ3) is 4.13. The van der Waals surface area contributed by atoms with Gasteiger partial charge in [-0.15, -0.1) is 0 Å². The molecule has 2 aromatic heterocycles. The number of nitrogens with one attached hydrogen (secondary N) is 2. The summed E-state index contributed by atoms with van der Waals surface area (Å²) in [5, 5.41) is 9.94. The molecular weight excluding hydrogens is 503 g/mol. The van der Waals surface area contributed by atoms with Gasteiger partial charge in [-0.1, -0.05) is 0 Å². The fourth-order valence-corrected chi connectivity index (χ4v) is 6.24.